The van der Waals surface area contributed by atoms with Gasteiger partial charge in [-0.05, 0) is 24.1 Å². The number of amides is 3. The molecule has 1 aliphatic heterocycles. The number of β-amino-alcohol motifs (C(OH)–C–C–N with tert-alkyl or cyclic N) is 1. The molecule has 176 valence electrons. The molecule has 2 aromatic carbocycles. The van der Waals surface area contributed by atoms with E-state index in [1.165, 1.54) is 16.3 Å². The van der Waals surface area contributed by atoms with Gasteiger partial charge in [-0.1, -0.05) is 42.5 Å². The van der Waals surface area contributed by atoms with E-state index >= 15 is 0 Å². The van der Waals surface area contributed by atoms with Gasteiger partial charge in [0.1, 0.15) is 12.6 Å². The number of halogens is 4. The molecule has 1 aliphatic rings. The van der Waals surface area contributed by atoms with Crippen LogP contribution in [0.2, 0.25) is 0 Å². The van der Waals surface area contributed by atoms with E-state index in [4.69, 9.17) is 0 Å². The van der Waals surface area contributed by atoms with Crippen LogP contribution in [0.15, 0.2) is 48.5 Å². The molecule has 0 fully saturated rings. The monoisotopic (exact) mass is 467 g/mol. The Labute approximate surface area is 186 Å². The van der Waals surface area contributed by atoms with Crippen LogP contribution in [0.1, 0.15) is 18.5 Å². The van der Waals surface area contributed by atoms with Crippen LogP contribution in [0, 0.1) is 0 Å². The molecule has 0 radical (unpaired) electrons. The van der Waals surface area contributed by atoms with Gasteiger partial charge in [-0.15, -0.1) is 0 Å². The topological polar surface area (TPSA) is 98.7 Å². The van der Waals surface area contributed by atoms with Crippen molar-refractivity contribution in [3.05, 3.63) is 54.1 Å². The Bertz CT molecular complexity index is 1070. The van der Waals surface area contributed by atoms with Gasteiger partial charge < -0.3 is 20.6 Å². The molecular weight excluding hydrogens is 446 g/mol. The van der Waals surface area contributed by atoms with Gasteiger partial charge in [0, 0.05) is 12.1 Å². The Morgan fingerprint density at radius 2 is 1.61 bits per heavy atom. The normalized spacial score (nSPS) is 17.3. The zero-order valence-corrected chi connectivity index (χ0v) is 17.4. The van der Waals surface area contributed by atoms with Crippen molar-refractivity contribution < 1.29 is 37.1 Å². The lowest BCUT2D eigenvalue weighted by Gasteiger charge is -2.28. The average molecular weight is 467 g/mol. The molecule has 11 heteroatoms. The van der Waals surface area contributed by atoms with Crippen LogP contribution in [0.25, 0.3) is 11.1 Å². The quantitative estimate of drug-likeness (QED) is 0.448. The molecule has 3 rings (SSSR count). The molecule has 0 saturated carbocycles. The number of fused-ring (bicyclic) bond motifs is 3. The fraction of sp³-hybridized carbons (Fsp3) is 0.318. The predicted molar refractivity (Wildman–Crippen MR) is 111 cm³/mol. The van der Waals surface area contributed by atoms with Crippen LogP contribution < -0.4 is 15.5 Å². The zero-order chi connectivity index (χ0) is 24.4. The number of para-hydroxylation sites is 1. The minimum atomic E-state index is -4.80. The van der Waals surface area contributed by atoms with E-state index in [-0.39, 0.29) is 6.54 Å². The minimum Gasteiger partial charge on any atom is -0.395 e. The Morgan fingerprint density at radius 1 is 1.00 bits per heavy atom. The third-order valence-electron chi connectivity index (χ3n) is 5.17. The van der Waals surface area contributed by atoms with Crippen molar-refractivity contribution in [1.82, 2.24) is 10.6 Å². The summed E-state index contributed by atoms with van der Waals surface area (Å²) in [4.78, 5) is 39.2. The number of anilines is 1. The number of benzene rings is 2. The average Bonchev–Trinajstić information content (AvgIpc) is 2.86. The van der Waals surface area contributed by atoms with Crippen molar-refractivity contribution >= 4 is 23.4 Å². The summed E-state index contributed by atoms with van der Waals surface area (Å²) in [7, 11) is 0. The van der Waals surface area contributed by atoms with E-state index in [0.717, 1.165) is 0 Å². The summed E-state index contributed by atoms with van der Waals surface area (Å²) >= 11 is 0. The second-order valence-corrected chi connectivity index (χ2v) is 7.53. The first-order valence-corrected chi connectivity index (χ1v) is 9.93. The van der Waals surface area contributed by atoms with Gasteiger partial charge in [-0.3, -0.25) is 14.4 Å². The van der Waals surface area contributed by atoms with Gasteiger partial charge >= 0.3 is 6.18 Å². The molecule has 0 aliphatic carbocycles. The number of nitrogens with one attached hydrogen (secondary N) is 2. The number of alkyl halides is 4. The van der Waals surface area contributed by atoms with E-state index in [9.17, 15) is 37.1 Å². The first-order valence-electron chi connectivity index (χ1n) is 9.93. The van der Waals surface area contributed by atoms with Crippen molar-refractivity contribution in [2.75, 3.05) is 24.6 Å². The maximum absolute atomic E-state index is 15.0. The molecule has 2 atom stereocenters. The van der Waals surface area contributed by atoms with Crippen LogP contribution in [-0.2, 0) is 14.4 Å². The van der Waals surface area contributed by atoms with Gasteiger partial charge in [-0.25, -0.2) is 4.39 Å². The lowest BCUT2D eigenvalue weighted by Crippen LogP contribution is -2.55. The zero-order valence-electron chi connectivity index (χ0n) is 17.4. The highest BCUT2D eigenvalue weighted by Crippen LogP contribution is 2.40. The number of carbonyl (C=O) groups excluding carboxylic acids is 3. The van der Waals surface area contributed by atoms with Crippen LogP contribution in [-0.4, -0.2) is 54.4 Å². The second kappa shape index (κ2) is 9.18. The minimum absolute atomic E-state index is 0.130. The third kappa shape index (κ3) is 4.98. The maximum Gasteiger partial charge on any atom is 0.405 e. The van der Waals surface area contributed by atoms with Crippen molar-refractivity contribution in [3.8, 4) is 11.1 Å². The van der Waals surface area contributed by atoms with E-state index < -0.39 is 48.8 Å². The maximum atomic E-state index is 15.0. The highest BCUT2D eigenvalue weighted by molar-refractivity contribution is 6.11. The molecule has 0 aromatic heterocycles. The fourth-order valence-electron chi connectivity index (χ4n) is 3.52. The molecule has 0 spiro atoms. The number of carbonyl (C=O) groups is 3. The van der Waals surface area contributed by atoms with Crippen molar-refractivity contribution in [3.63, 3.8) is 0 Å². The molecule has 3 amide bonds. The molecule has 7 nitrogen and oxygen atoms in total. The summed E-state index contributed by atoms with van der Waals surface area (Å²) in [5.41, 5.74) is -1.46. The summed E-state index contributed by atoms with van der Waals surface area (Å²) in [6.45, 7) is -1.84. The summed E-state index contributed by atoms with van der Waals surface area (Å²) < 4.78 is 52.1. The number of hydrogen-bond acceptors (Lipinski definition) is 4. The van der Waals surface area contributed by atoms with Crippen LogP contribution in [0.4, 0.5) is 23.2 Å². The molecule has 33 heavy (non-hydrogen) atoms. The van der Waals surface area contributed by atoms with Crippen LogP contribution in [0.3, 0.4) is 0 Å². The molecule has 3 N–H and O–H groups in total. The Kier molecular flexibility index (Phi) is 6.73. The lowest BCUT2D eigenvalue weighted by atomic mass is 9.95. The van der Waals surface area contributed by atoms with Crippen LogP contribution >= 0.6 is 0 Å². The first kappa shape index (κ1) is 24.2. The lowest BCUT2D eigenvalue weighted by molar-refractivity contribution is -0.152. The van der Waals surface area contributed by atoms with Crippen LogP contribution in [0.5, 0.6) is 0 Å². The summed E-state index contributed by atoms with van der Waals surface area (Å²) in [5.74, 6) is -4.08. The molecular formula is C22H21F4N3O4. The highest BCUT2D eigenvalue weighted by Gasteiger charge is 2.45. The molecule has 0 saturated heterocycles. The SMILES string of the molecule is C[C@@](F)(C(=O)NCC(F)(F)F)C(=O)N[C@@H]1C(=O)N(CCO)c2ccccc2-c2ccccc21. The number of nitrogens with zero attached hydrogens (tertiary/aromatic N) is 1. The molecule has 1 heterocycles. The van der Waals surface area contributed by atoms with Crippen molar-refractivity contribution in [2.45, 2.75) is 24.8 Å². The summed E-state index contributed by atoms with van der Waals surface area (Å²) in [6, 6.07) is 11.9. The number of rotatable bonds is 6. The third-order valence-corrected chi connectivity index (χ3v) is 5.17. The van der Waals surface area contributed by atoms with E-state index in [1.807, 2.05) is 0 Å². The van der Waals surface area contributed by atoms with Gasteiger partial charge in [0.25, 0.3) is 23.4 Å². The number of hydrogen-bond donors (Lipinski definition) is 3. The number of aliphatic hydroxyl groups is 1. The first-order chi connectivity index (χ1) is 15.5. The molecule has 2 aromatic rings. The fourth-order valence-corrected chi connectivity index (χ4v) is 3.52. The Hall–Kier alpha value is -3.47. The van der Waals surface area contributed by atoms with Crippen molar-refractivity contribution in [1.29, 1.82) is 0 Å². The molecule has 0 unspecified atom stereocenters. The largest absolute Gasteiger partial charge is 0.405 e. The van der Waals surface area contributed by atoms with E-state index in [0.29, 0.717) is 29.3 Å². The van der Waals surface area contributed by atoms with E-state index in [1.54, 1.807) is 42.5 Å². The van der Waals surface area contributed by atoms with Gasteiger partial charge in [0.2, 0.25) is 0 Å². The van der Waals surface area contributed by atoms with Gasteiger partial charge in [0.15, 0.2) is 0 Å². The van der Waals surface area contributed by atoms with Gasteiger partial charge in [0.05, 0.1) is 12.3 Å². The smallest absolute Gasteiger partial charge is 0.395 e. The second-order valence-electron chi connectivity index (χ2n) is 7.53. The Morgan fingerprint density at radius 3 is 2.24 bits per heavy atom. The van der Waals surface area contributed by atoms with Crippen molar-refractivity contribution in [2.24, 2.45) is 0 Å². The standard InChI is InChI=1S/C22H21F4N3O4/c1-21(23,19(32)27-12-22(24,25)26)20(33)28-17-15-8-3-2-6-13(15)14-7-4-5-9-16(14)29(10-11-30)18(17)31/h2-9,17,30H,10-12H2,1H3,(H,27,32)(H,28,33)/t17-,21+/m0/s1. The highest BCUT2D eigenvalue weighted by atomic mass is 19.4. The summed E-state index contributed by atoms with van der Waals surface area (Å²) in [5, 5.41) is 13.0. The number of aliphatic hydroxyl groups excluding tert-OH is 1. The van der Waals surface area contributed by atoms with E-state index in [2.05, 4.69) is 5.32 Å². The van der Waals surface area contributed by atoms with Gasteiger partial charge in [-0.2, -0.15) is 13.2 Å². The Balaban J connectivity index is 1.98. The molecule has 0 bridgehead atoms. The predicted octanol–water partition coefficient (Wildman–Crippen LogP) is 2.26. The summed E-state index contributed by atoms with van der Waals surface area (Å²) in [6.07, 6.45) is -4.80.